The second-order valence-corrected chi connectivity index (χ2v) is 13.9. The molecule has 0 aliphatic carbocycles. The van der Waals surface area contributed by atoms with Gasteiger partial charge in [-0.1, -0.05) is 86.3 Å². The van der Waals surface area contributed by atoms with Crippen LogP contribution in [0.25, 0.3) is 0 Å². The zero-order valence-corrected chi connectivity index (χ0v) is 25.7. The zero-order chi connectivity index (χ0) is 31.3. The molecule has 3 amide bonds. The molecule has 1 aromatic heterocycles. The third-order valence-electron chi connectivity index (χ3n) is 7.86. The first-order valence-electron chi connectivity index (χ1n) is 13.9. The number of imide groups is 1. The van der Waals surface area contributed by atoms with Gasteiger partial charge < -0.3 is 5.32 Å². The second-order valence-electron chi connectivity index (χ2n) is 11.7. The normalized spacial score (nSPS) is 19.4. The van der Waals surface area contributed by atoms with E-state index in [2.05, 4.69) is 26.1 Å². The number of carbonyl (C=O) groups is 3. The molecular weight excluding hydrogens is 601 g/mol. The van der Waals surface area contributed by atoms with Crippen molar-refractivity contribution >= 4 is 57.9 Å². The Kier molecular flexibility index (Phi) is 7.50. The third-order valence-corrected chi connectivity index (χ3v) is 10.5. The number of rotatable bonds is 6. The smallest absolute Gasteiger partial charge is 0.308 e. The van der Waals surface area contributed by atoms with E-state index in [0.29, 0.717) is 15.6 Å². The van der Waals surface area contributed by atoms with Gasteiger partial charge >= 0.3 is 4.87 Å². The van der Waals surface area contributed by atoms with Gasteiger partial charge in [-0.15, -0.1) is 0 Å². The van der Waals surface area contributed by atoms with Gasteiger partial charge in [-0.3, -0.25) is 33.9 Å². The van der Waals surface area contributed by atoms with Crippen molar-refractivity contribution in [2.75, 3.05) is 10.2 Å². The van der Waals surface area contributed by atoms with Crippen molar-refractivity contribution < 1.29 is 19.3 Å². The lowest BCUT2D eigenvalue weighted by Gasteiger charge is -2.31. The summed E-state index contributed by atoms with van der Waals surface area (Å²) in [4.78, 5) is 66.4. The van der Waals surface area contributed by atoms with Crippen LogP contribution in [0, 0.1) is 16.0 Å². The largest absolute Gasteiger partial charge is 0.325 e. The third kappa shape index (κ3) is 5.24. The number of nitrogens with one attached hydrogen (secondary N) is 1. The lowest BCUT2D eigenvalue weighted by atomic mass is 9.81. The number of anilines is 2. The van der Waals surface area contributed by atoms with Crippen molar-refractivity contribution in [3.05, 3.63) is 115 Å². The molecule has 6 rings (SSSR count). The molecule has 2 aliphatic heterocycles. The van der Waals surface area contributed by atoms with Crippen molar-refractivity contribution in [3.8, 4) is 0 Å². The number of nitro groups is 1. The van der Waals surface area contributed by atoms with Crippen molar-refractivity contribution in [3.63, 3.8) is 0 Å². The maximum Gasteiger partial charge on any atom is 0.308 e. The van der Waals surface area contributed by atoms with Gasteiger partial charge in [0.05, 0.1) is 21.6 Å². The molecule has 3 unspecified atom stereocenters. The topological polar surface area (TPSA) is 132 Å². The number of thiazole rings is 1. The molecule has 1 fully saturated rings. The number of aromatic nitrogens is 1. The second kappa shape index (κ2) is 11.2. The highest BCUT2D eigenvalue weighted by molar-refractivity contribution is 8.00. The number of thioether (sulfide) groups is 1. The summed E-state index contributed by atoms with van der Waals surface area (Å²) in [5.41, 5.74) is 2.44. The summed E-state index contributed by atoms with van der Waals surface area (Å²) in [7, 11) is 0. The number of hydrogen-bond acceptors (Lipinski definition) is 8. The van der Waals surface area contributed by atoms with E-state index in [4.69, 9.17) is 0 Å². The summed E-state index contributed by atoms with van der Waals surface area (Å²) < 4.78 is 1.38. The van der Waals surface area contributed by atoms with Crippen LogP contribution < -0.4 is 15.1 Å². The molecule has 0 radical (unpaired) electrons. The minimum absolute atomic E-state index is 0.110. The van der Waals surface area contributed by atoms with Crippen molar-refractivity contribution in [1.29, 1.82) is 0 Å². The Morgan fingerprint density at radius 3 is 2.20 bits per heavy atom. The number of hydrogen-bond donors (Lipinski definition) is 1. The van der Waals surface area contributed by atoms with Crippen molar-refractivity contribution in [2.45, 2.75) is 48.9 Å². The first-order chi connectivity index (χ1) is 20.9. The van der Waals surface area contributed by atoms with Gasteiger partial charge in [0.25, 0.3) is 5.69 Å². The molecule has 224 valence electrons. The summed E-state index contributed by atoms with van der Waals surface area (Å²) in [6, 6.07) is 22.1. The Bertz CT molecular complexity index is 1840. The van der Waals surface area contributed by atoms with Gasteiger partial charge in [-0.25, -0.2) is 4.90 Å². The van der Waals surface area contributed by atoms with E-state index in [9.17, 15) is 29.3 Å². The van der Waals surface area contributed by atoms with Crippen LogP contribution in [0.2, 0.25) is 0 Å². The molecule has 3 aromatic carbocycles. The number of para-hydroxylation sites is 1. The van der Waals surface area contributed by atoms with Gasteiger partial charge in [0.2, 0.25) is 17.7 Å². The Morgan fingerprint density at radius 1 is 0.932 bits per heavy atom. The molecule has 0 bridgehead atoms. The molecule has 0 saturated carbocycles. The lowest BCUT2D eigenvalue weighted by molar-refractivity contribution is -0.384. The summed E-state index contributed by atoms with van der Waals surface area (Å²) in [6.07, 6.45) is 0. The average molecular weight is 629 g/mol. The van der Waals surface area contributed by atoms with Crippen LogP contribution in [0.15, 0.2) is 88.7 Å². The van der Waals surface area contributed by atoms with Crippen LogP contribution in [0.5, 0.6) is 0 Å². The fraction of sp³-hybridized carbons (Fsp3) is 0.250. The van der Waals surface area contributed by atoms with Gasteiger partial charge in [-0.05, 0) is 40.8 Å². The van der Waals surface area contributed by atoms with Crippen LogP contribution >= 0.6 is 23.1 Å². The first-order valence-corrected chi connectivity index (χ1v) is 15.6. The SMILES string of the molecule is CC(C)(C)c1ccc(C2c3sc(=O)n(CC(=O)Nc4ccccc4)c3SC3C(=O)N(c4ccc([N+](=O)[O-])cc4)C(=O)C32)cc1. The highest BCUT2D eigenvalue weighted by Gasteiger charge is 2.56. The van der Waals surface area contributed by atoms with E-state index < -0.39 is 39.7 Å². The zero-order valence-electron chi connectivity index (χ0n) is 24.1. The molecule has 4 aromatic rings. The number of carbonyl (C=O) groups excluding carboxylic acids is 3. The molecular formula is C32H28N4O6S2. The average Bonchev–Trinajstić information content (AvgIpc) is 3.43. The Morgan fingerprint density at radius 2 is 1.59 bits per heavy atom. The van der Waals surface area contributed by atoms with Crippen LogP contribution in [-0.4, -0.2) is 32.5 Å². The fourth-order valence-electron chi connectivity index (χ4n) is 5.65. The number of non-ortho nitro benzene ring substituents is 1. The van der Waals surface area contributed by atoms with E-state index in [1.54, 1.807) is 24.3 Å². The van der Waals surface area contributed by atoms with Crippen molar-refractivity contribution in [2.24, 2.45) is 5.92 Å². The Balaban J connectivity index is 1.42. The number of nitrogens with zero attached hydrogens (tertiary/aromatic N) is 3. The van der Waals surface area contributed by atoms with Crippen molar-refractivity contribution in [1.82, 2.24) is 4.57 Å². The molecule has 3 heterocycles. The molecule has 10 nitrogen and oxygen atoms in total. The summed E-state index contributed by atoms with van der Waals surface area (Å²) in [6.45, 7) is 6.04. The van der Waals surface area contributed by atoms with E-state index in [-0.39, 0.29) is 28.2 Å². The van der Waals surface area contributed by atoms with Gasteiger partial charge in [0.15, 0.2) is 0 Å². The maximum atomic E-state index is 14.1. The molecule has 0 spiro atoms. The highest BCUT2D eigenvalue weighted by Crippen LogP contribution is 2.54. The number of nitro benzene ring substituents is 1. The summed E-state index contributed by atoms with van der Waals surface area (Å²) in [5.74, 6) is -2.74. The Labute approximate surface area is 260 Å². The minimum atomic E-state index is -0.866. The number of fused-ring (bicyclic) bond motifs is 2. The Hall–Kier alpha value is -4.55. The molecule has 3 atom stereocenters. The number of amides is 3. The molecule has 1 N–H and O–H groups in total. The monoisotopic (exact) mass is 628 g/mol. The van der Waals surface area contributed by atoms with Gasteiger partial charge in [0, 0.05) is 28.6 Å². The molecule has 1 saturated heterocycles. The molecule has 12 heteroatoms. The van der Waals surface area contributed by atoms with E-state index in [0.717, 1.165) is 39.1 Å². The van der Waals surface area contributed by atoms with Gasteiger partial charge in [-0.2, -0.15) is 0 Å². The standard InChI is InChI=1S/C32H28N4O6S2/c1-32(2,3)19-11-9-18(10-12-19)24-25-26(29(39)35(28(25)38)21-13-15-22(16-14-21)36(41)42)43-30-27(24)44-31(40)34(30)17-23(37)33-20-7-5-4-6-8-20/h4-16,24-26H,17H2,1-3H3,(H,33,37). The van der Waals surface area contributed by atoms with Gasteiger partial charge in [0.1, 0.15) is 11.8 Å². The molecule has 44 heavy (non-hydrogen) atoms. The van der Waals surface area contributed by atoms with Crippen LogP contribution in [0.4, 0.5) is 17.1 Å². The summed E-state index contributed by atoms with van der Waals surface area (Å²) in [5, 5.41) is 13.6. The first kappa shape index (κ1) is 29.5. The van der Waals surface area contributed by atoms with E-state index in [1.165, 1.54) is 28.8 Å². The van der Waals surface area contributed by atoms with Crippen LogP contribution in [-0.2, 0) is 26.3 Å². The molecule has 2 aliphatic rings. The number of benzene rings is 3. The van der Waals surface area contributed by atoms with Crippen LogP contribution in [0.3, 0.4) is 0 Å². The minimum Gasteiger partial charge on any atom is -0.325 e. The van der Waals surface area contributed by atoms with Crippen LogP contribution in [0.1, 0.15) is 42.7 Å². The van der Waals surface area contributed by atoms with E-state index in [1.807, 2.05) is 30.3 Å². The lowest BCUT2D eigenvalue weighted by Crippen LogP contribution is -2.33. The summed E-state index contributed by atoms with van der Waals surface area (Å²) >= 11 is 2.10. The maximum absolute atomic E-state index is 14.1. The fourth-order valence-corrected chi connectivity index (χ4v) is 8.42. The predicted octanol–water partition coefficient (Wildman–Crippen LogP) is 5.55. The quantitative estimate of drug-likeness (QED) is 0.168. The van der Waals surface area contributed by atoms with E-state index >= 15 is 0 Å². The predicted molar refractivity (Wildman–Crippen MR) is 169 cm³/mol. The highest BCUT2D eigenvalue weighted by atomic mass is 32.2.